The van der Waals surface area contributed by atoms with Crippen LogP contribution in [0.4, 0.5) is 4.79 Å². The van der Waals surface area contributed by atoms with Crippen molar-refractivity contribution in [3.8, 4) is 0 Å². The number of carboxylic acids is 1. The number of β-amino-alcohol motifs (C(OH)–C–C–N with tert-alkyl or cyclic N) is 1. The van der Waals surface area contributed by atoms with Crippen LogP contribution in [0.25, 0.3) is 0 Å². The number of nitrogens with zero attached hydrogens (tertiary/aromatic N) is 4. The molecule has 1 fully saturated rings. The summed E-state index contributed by atoms with van der Waals surface area (Å²) in [5.74, 6) is -0.690. The summed E-state index contributed by atoms with van der Waals surface area (Å²) in [6.07, 6.45) is 0.742. The molecule has 1 aliphatic rings. The Labute approximate surface area is 108 Å². The van der Waals surface area contributed by atoms with Gasteiger partial charge in [-0.1, -0.05) is 0 Å². The molecule has 0 aliphatic carbocycles. The Balaban J connectivity index is 1.93. The Kier molecular flexibility index (Phi) is 3.65. The maximum Gasteiger partial charge on any atom is 0.326 e. The van der Waals surface area contributed by atoms with E-state index in [9.17, 15) is 14.7 Å². The first-order chi connectivity index (χ1) is 8.97. The third kappa shape index (κ3) is 2.99. The number of aromatic nitrogens is 3. The number of carbonyl (C=O) groups excluding carboxylic acids is 1. The molecule has 9 heteroatoms. The highest BCUT2D eigenvalue weighted by Gasteiger charge is 2.38. The van der Waals surface area contributed by atoms with E-state index in [1.807, 2.05) is 0 Å². The normalized spacial score (nSPS) is 22.5. The molecule has 0 bridgehead atoms. The lowest BCUT2D eigenvalue weighted by Gasteiger charge is -2.21. The molecule has 2 heterocycles. The fourth-order valence-electron chi connectivity index (χ4n) is 1.99. The highest BCUT2D eigenvalue weighted by Crippen LogP contribution is 2.18. The summed E-state index contributed by atoms with van der Waals surface area (Å²) >= 11 is 0. The first-order valence-electron chi connectivity index (χ1n) is 5.77. The lowest BCUT2D eigenvalue weighted by molar-refractivity contribution is -0.141. The van der Waals surface area contributed by atoms with Crippen LogP contribution in [0.15, 0.2) is 6.33 Å². The van der Waals surface area contributed by atoms with Crippen molar-refractivity contribution in [2.24, 2.45) is 7.05 Å². The van der Waals surface area contributed by atoms with Crippen LogP contribution in [0, 0.1) is 0 Å². The SMILES string of the molecule is Cn1cnc(CNC(=O)N2C[C@@H](O)C[C@H]2C(=O)O)n1. The molecule has 1 saturated heterocycles. The summed E-state index contributed by atoms with van der Waals surface area (Å²) < 4.78 is 1.50. The van der Waals surface area contributed by atoms with Crippen LogP contribution in [0.3, 0.4) is 0 Å². The molecule has 1 aliphatic heterocycles. The number of carbonyl (C=O) groups is 2. The van der Waals surface area contributed by atoms with Crippen LogP contribution >= 0.6 is 0 Å². The number of likely N-dealkylation sites (tertiary alicyclic amines) is 1. The van der Waals surface area contributed by atoms with Crippen molar-refractivity contribution in [2.75, 3.05) is 6.54 Å². The van der Waals surface area contributed by atoms with Gasteiger partial charge >= 0.3 is 12.0 Å². The van der Waals surface area contributed by atoms with E-state index in [2.05, 4.69) is 15.4 Å². The zero-order valence-corrected chi connectivity index (χ0v) is 10.4. The summed E-state index contributed by atoms with van der Waals surface area (Å²) in [6.45, 7) is 0.122. The number of nitrogens with one attached hydrogen (secondary N) is 1. The second-order valence-corrected chi connectivity index (χ2v) is 4.39. The number of hydrogen-bond acceptors (Lipinski definition) is 5. The Morgan fingerprint density at radius 3 is 2.89 bits per heavy atom. The van der Waals surface area contributed by atoms with Crippen LogP contribution < -0.4 is 5.32 Å². The molecule has 2 amide bonds. The van der Waals surface area contributed by atoms with Crippen molar-refractivity contribution in [2.45, 2.75) is 25.1 Å². The van der Waals surface area contributed by atoms with Crippen LogP contribution in [0.5, 0.6) is 0 Å². The van der Waals surface area contributed by atoms with E-state index < -0.39 is 24.1 Å². The molecule has 0 radical (unpaired) electrons. The van der Waals surface area contributed by atoms with Gasteiger partial charge in [0.15, 0.2) is 5.82 Å². The number of aryl methyl sites for hydroxylation is 1. The van der Waals surface area contributed by atoms with Gasteiger partial charge in [0.1, 0.15) is 12.4 Å². The van der Waals surface area contributed by atoms with Crippen LogP contribution in [-0.2, 0) is 18.4 Å². The largest absolute Gasteiger partial charge is 0.480 e. The van der Waals surface area contributed by atoms with E-state index in [0.717, 1.165) is 4.90 Å². The first-order valence-corrected chi connectivity index (χ1v) is 5.77. The highest BCUT2D eigenvalue weighted by molar-refractivity contribution is 5.83. The van der Waals surface area contributed by atoms with Crippen LogP contribution in [-0.4, -0.2) is 60.6 Å². The summed E-state index contributed by atoms with van der Waals surface area (Å²) in [5, 5.41) is 24.9. The maximum atomic E-state index is 11.9. The molecular formula is C10H15N5O4. The lowest BCUT2D eigenvalue weighted by Crippen LogP contribution is -2.46. The molecule has 2 rings (SSSR count). The second-order valence-electron chi connectivity index (χ2n) is 4.39. The van der Waals surface area contributed by atoms with Gasteiger partial charge in [0.2, 0.25) is 0 Å². The molecule has 3 N–H and O–H groups in total. The molecule has 1 aromatic rings. The number of hydrogen-bond donors (Lipinski definition) is 3. The molecule has 104 valence electrons. The van der Waals surface area contributed by atoms with E-state index in [1.54, 1.807) is 7.05 Å². The standard InChI is InChI=1S/C10H15N5O4/c1-14-5-12-8(13-14)3-11-10(19)15-4-6(16)2-7(15)9(17)18/h5-7,16H,2-4H2,1H3,(H,11,19)(H,17,18)/t6-,7-/m0/s1. The molecule has 0 aromatic carbocycles. The summed E-state index contributed by atoms with van der Waals surface area (Å²) in [6, 6.07) is -1.54. The average Bonchev–Trinajstić information content (AvgIpc) is 2.92. The van der Waals surface area contributed by atoms with Crippen molar-refractivity contribution >= 4 is 12.0 Å². The van der Waals surface area contributed by atoms with Gasteiger partial charge in [-0.15, -0.1) is 0 Å². The fourth-order valence-corrected chi connectivity index (χ4v) is 1.99. The summed E-state index contributed by atoms with van der Waals surface area (Å²) in [4.78, 5) is 27.9. The summed E-state index contributed by atoms with van der Waals surface area (Å²) in [7, 11) is 1.70. The van der Waals surface area contributed by atoms with E-state index in [4.69, 9.17) is 5.11 Å². The lowest BCUT2D eigenvalue weighted by atomic mass is 10.2. The number of aliphatic hydroxyl groups is 1. The third-order valence-corrected chi connectivity index (χ3v) is 2.87. The van der Waals surface area contributed by atoms with E-state index in [1.165, 1.54) is 11.0 Å². The highest BCUT2D eigenvalue weighted by atomic mass is 16.4. The van der Waals surface area contributed by atoms with Crippen molar-refractivity contribution in [3.63, 3.8) is 0 Å². The number of rotatable bonds is 3. The predicted octanol–water partition coefficient (Wildman–Crippen LogP) is -1.46. The van der Waals surface area contributed by atoms with Crippen molar-refractivity contribution in [3.05, 3.63) is 12.2 Å². The molecule has 1 aromatic heterocycles. The Morgan fingerprint density at radius 1 is 1.58 bits per heavy atom. The number of aliphatic carboxylic acids is 1. The monoisotopic (exact) mass is 269 g/mol. The number of aliphatic hydroxyl groups excluding tert-OH is 1. The van der Waals surface area contributed by atoms with E-state index in [0.29, 0.717) is 5.82 Å². The molecule has 19 heavy (non-hydrogen) atoms. The maximum absolute atomic E-state index is 11.9. The van der Waals surface area contributed by atoms with Gasteiger partial charge in [-0.25, -0.2) is 14.6 Å². The predicted molar refractivity (Wildman–Crippen MR) is 62.0 cm³/mol. The van der Waals surface area contributed by atoms with E-state index >= 15 is 0 Å². The topological polar surface area (TPSA) is 121 Å². The van der Waals surface area contributed by atoms with Crippen molar-refractivity contribution in [1.29, 1.82) is 0 Å². The van der Waals surface area contributed by atoms with Crippen molar-refractivity contribution < 1.29 is 19.8 Å². The molecule has 0 spiro atoms. The first kappa shape index (κ1) is 13.3. The van der Waals surface area contributed by atoms with Crippen LogP contribution in [0.2, 0.25) is 0 Å². The van der Waals surface area contributed by atoms with Gasteiger partial charge in [-0.2, -0.15) is 5.10 Å². The minimum Gasteiger partial charge on any atom is -0.480 e. The average molecular weight is 269 g/mol. The minimum atomic E-state index is -1.12. The van der Waals surface area contributed by atoms with Crippen molar-refractivity contribution in [1.82, 2.24) is 25.0 Å². The quantitative estimate of drug-likeness (QED) is 0.617. The third-order valence-electron chi connectivity index (χ3n) is 2.87. The van der Waals surface area contributed by atoms with Gasteiger partial charge in [0.05, 0.1) is 12.6 Å². The van der Waals surface area contributed by atoms with E-state index in [-0.39, 0.29) is 19.5 Å². The molecule has 0 unspecified atom stereocenters. The zero-order chi connectivity index (χ0) is 14.0. The van der Waals surface area contributed by atoms with Gasteiger partial charge < -0.3 is 20.4 Å². The molecule has 9 nitrogen and oxygen atoms in total. The molecule has 2 atom stereocenters. The van der Waals surface area contributed by atoms with Crippen LogP contribution in [0.1, 0.15) is 12.2 Å². The second kappa shape index (κ2) is 5.22. The summed E-state index contributed by atoms with van der Waals surface area (Å²) in [5.41, 5.74) is 0. The Morgan fingerprint density at radius 2 is 2.32 bits per heavy atom. The number of carboxylic acid groups (broad SMARTS) is 1. The smallest absolute Gasteiger partial charge is 0.326 e. The fraction of sp³-hybridized carbons (Fsp3) is 0.600. The van der Waals surface area contributed by atoms with Gasteiger partial charge in [-0.3, -0.25) is 4.68 Å². The Bertz CT molecular complexity index is 488. The molecular weight excluding hydrogens is 254 g/mol. The Hall–Kier alpha value is -2.16. The number of urea groups is 1. The zero-order valence-electron chi connectivity index (χ0n) is 10.4. The van der Waals surface area contributed by atoms with Gasteiger partial charge in [0.25, 0.3) is 0 Å². The molecule has 0 saturated carbocycles. The number of amides is 2. The van der Waals surface area contributed by atoms with Gasteiger partial charge in [0, 0.05) is 20.0 Å². The minimum absolute atomic E-state index is 0.0123. The van der Waals surface area contributed by atoms with Gasteiger partial charge in [-0.05, 0) is 0 Å².